The lowest BCUT2D eigenvalue weighted by atomic mass is 10.1. The maximum Gasteiger partial charge on any atom is 0.335 e. The quantitative estimate of drug-likeness (QED) is 0.635. The Morgan fingerprint density at radius 3 is 2.55 bits per heavy atom. The van der Waals surface area contributed by atoms with Crippen LogP contribution in [0, 0.1) is 5.92 Å². The number of nitrogens with one attached hydrogen (secondary N) is 2. The molecule has 6 heteroatoms. The number of rotatable bonds is 4. The van der Waals surface area contributed by atoms with Crippen LogP contribution in [0.15, 0.2) is 18.2 Å². The van der Waals surface area contributed by atoms with Gasteiger partial charge in [0.05, 0.1) is 11.3 Å². The van der Waals surface area contributed by atoms with E-state index in [9.17, 15) is 14.7 Å². The van der Waals surface area contributed by atoms with Crippen molar-refractivity contribution in [2.24, 2.45) is 5.92 Å². The van der Waals surface area contributed by atoms with Crippen LogP contribution in [-0.2, 0) is 0 Å². The smallest absolute Gasteiger partial charge is 0.335 e. The third-order valence-corrected chi connectivity index (χ3v) is 3.52. The van der Waals surface area contributed by atoms with E-state index in [1.54, 1.807) is 0 Å². The Kier molecular flexibility index (Phi) is 4.45. The normalized spacial score (nSPS) is 15.0. The molecule has 0 radical (unpaired) electrons. The number of anilines is 1. The Balaban J connectivity index is 1.88. The molecule has 0 aliphatic heterocycles. The van der Waals surface area contributed by atoms with Crippen LogP contribution < -0.4 is 10.6 Å². The number of carboxylic acid groups (broad SMARTS) is 1. The zero-order valence-electron chi connectivity index (χ0n) is 11.1. The molecule has 6 nitrogen and oxygen atoms in total. The van der Waals surface area contributed by atoms with Crippen molar-refractivity contribution in [1.82, 2.24) is 5.32 Å². The molecule has 2 amide bonds. The van der Waals surface area contributed by atoms with Crippen molar-refractivity contribution < 1.29 is 19.8 Å². The van der Waals surface area contributed by atoms with Gasteiger partial charge in [-0.15, -0.1) is 0 Å². The molecule has 0 unspecified atom stereocenters. The number of carbonyl (C=O) groups excluding carboxylic acids is 1. The van der Waals surface area contributed by atoms with Crippen molar-refractivity contribution in [3.05, 3.63) is 23.8 Å². The number of phenolic OH excluding ortho intramolecular Hbond substituents is 1. The predicted molar refractivity (Wildman–Crippen MR) is 74.0 cm³/mol. The van der Waals surface area contributed by atoms with Gasteiger partial charge in [0.2, 0.25) is 0 Å². The fourth-order valence-electron chi connectivity index (χ4n) is 2.39. The van der Waals surface area contributed by atoms with Gasteiger partial charge >= 0.3 is 12.0 Å². The highest BCUT2D eigenvalue weighted by Crippen LogP contribution is 2.25. The van der Waals surface area contributed by atoms with E-state index in [1.807, 2.05) is 0 Å². The van der Waals surface area contributed by atoms with Gasteiger partial charge in [0.15, 0.2) is 0 Å². The minimum absolute atomic E-state index is 0.0283. The van der Waals surface area contributed by atoms with Crippen LogP contribution in [0.5, 0.6) is 5.75 Å². The molecule has 2 rings (SSSR count). The molecule has 0 heterocycles. The summed E-state index contributed by atoms with van der Waals surface area (Å²) < 4.78 is 0. The van der Waals surface area contributed by atoms with E-state index in [1.165, 1.54) is 25.0 Å². The van der Waals surface area contributed by atoms with Gasteiger partial charge in [0, 0.05) is 6.54 Å². The van der Waals surface area contributed by atoms with Gasteiger partial charge in [-0.25, -0.2) is 9.59 Å². The first-order valence-electron chi connectivity index (χ1n) is 6.67. The lowest BCUT2D eigenvalue weighted by molar-refractivity contribution is 0.0696. The Hall–Kier alpha value is -2.24. The summed E-state index contributed by atoms with van der Waals surface area (Å²) in [6, 6.07) is 3.41. The summed E-state index contributed by atoms with van der Waals surface area (Å²) in [5.74, 6) is -0.859. The Morgan fingerprint density at radius 2 is 1.95 bits per heavy atom. The molecule has 20 heavy (non-hydrogen) atoms. The van der Waals surface area contributed by atoms with E-state index in [4.69, 9.17) is 5.11 Å². The summed E-state index contributed by atoms with van der Waals surface area (Å²) in [6.07, 6.45) is 4.70. The second kappa shape index (κ2) is 6.27. The van der Waals surface area contributed by atoms with Crippen molar-refractivity contribution >= 4 is 17.7 Å². The van der Waals surface area contributed by atoms with Gasteiger partial charge in [-0.2, -0.15) is 0 Å². The molecule has 0 bridgehead atoms. The van der Waals surface area contributed by atoms with Crippen LogP contribution in [0.4, 0.5) is 10.5 Å². The van der Waals surface area contributed by atoms with Gasteiger partial charge in [-0.3, -0.25) is 0 Å². The second-order valence-electron chi connectivity index (χ2n) is 5.02. The molecule has 1 aliphatic carbocycles. The van der Waals surface area contributed by atoms with E-state index in [-0.39, 0.29) is 17.0 Å². The molecular formula is C14H18N2O4. The van der Waals surface area contributed by atoms with Crippen LogP contribution in [0.25, 0.3) is 0 Å². The van der Waals surface area contributed by atoms with Gasteiger partial charge < -0.3 is 20.8 Å². The number of urea groups is 1. The first kappa shape index (κ1) is 14.2. The first-order chi connectivity index (χ1) is 9.56. The highest BCUT2D eigenvalue weighted by Gasteiger charge is 2.16. The number of aromatic hydroxyl groups is 1. The lowest BCUT2D eigenvalue weighted by Gasteiger charge is -2.12. The zero-order valence-corrected chi connectivity index (χ0v) is 11.1. The van der Waals surface area contributed by atoms with Crippen LogP contribution in [0.3, 0.4) is 0 Å². The standard InChI is InChI=1S/C14H18N2O4/c17-12-7-10(13(18)19)5-6-11(12)16-14(20)15-8-9-3-1-2-4-9/h5-7,9,17H,1-4,8H2,(H,18,19)(H2,15,16,20). The predicted octanol–water partition coefficient (Wildman–Crippen LogP) is 2.40. The Bertz CT molecular complexity index is 510. The molecule has 1 aromatic rings. The van der Waals surface area contributed by atoms with Gasteiger partial charge in [-0.05, 0) is 37.0 Å². The third-order valence-electron chi connectivity index (χ3n) is 3.52. The number of hydrogen-bond acceptors (Lipinski definition) is 3. The zero-order chi connectivity index (χ0) is 14.5. The lowest BCUT2D eigenvalue weighted by Crippen LogP contribution is -2.32. The van der Waals surface area contributed by atoms with Crippen molar-refractivity contribution in [3.8, 4) is 5.75 Å². The van der Waals surface area contributed by atoms with E-state index in [0.717, 1.165) is 18.9 Å². The highest BCUT2D eigenvalue weighted by atomic mass is 16.4. The molecule has 0 aromatic heterocycles. The first-order valence-corrected chi connectivity index (χ1v) is 6.67. The number of benzene rings is 1. The fraction of sp³-hybridized carbons (Fsp3) is 0.429. The average molecular weight is 278 g/mol. The number of phenols is 1. The fourth-order valence-corrected chi connectivity index (χ4v) is 2.39. The van der Waals surface area contributed by atoms with Gasteiger partial charge in [-0.1, -0.05) is 12.8 Å². The highest BCUT2D eigenvalue weighted by molar-refractivity contribution is 5.93. The molecule has 1 saturated carbocycles. The number of carboxylic acids is 1. The molecule has 0 saturated heterocycles. The van der Waals surface area contributed by atoms with E-state index in [2.05, 4.69) is 10.6 Å². The molecule has 108 valence electrons. The number of carbonyl (C=O) groups is 2. The molecule has 1 aromatic carbocycles. The molecule has 1 fully saturated rings. The molecule has 1 aliphatic rings. The summed E-state index contributed by atoms with van der Waals surface area (Å²) in [5.41, 5.74) is 0.165. The largest absolute Gasteiger partial charge is 0.506 e. The van der Waals surface area contributed by atoms with Crippen molar-refractivity contribution in [2.75, 3.05) is 11.9 Å². The number of hydrogen-bond donors (Lipinski definition) is 4. The molecule has 0 atom stereocenters. The Morgan fingerprint density at radius 1 is 1.25 bits per heavy atom. The van der Waals surface area contributed by atoms with E-state index >= 15 is 0 Å². The van der Waals surface area contributed by atoms with Crippen molar-refractivity contribution in [3.63, 3.8) is 0 Å². The minimum atomic E-state index is -1.13. The topological polar surface area (TPSA) is 98.7 Å². The van der Waals surface area contributed by atoms with Crippen molar-refractivity contribution in [1.29, 1.82) is 0 Å². The van der Waals surface area contributed by atoms with Crippen molar-refractivity contribution in [2.45, 2.75) is 25.7 Å². The molecular weight excluding hydrogens is 260 g/mol. The second-order valence-corrected chi connectivity index (χ2v) is 5.02. The molecule has 4 N–H and O–H groups in total. The summed E-state index contributed by atoms with van der Waals surface area (Å²) in [4.78, 5) is 22.4. The van der Waals surface area contributed by atoms with Crippen LogP contribution in [0.1, 0.15) is 36.0 Å². The molecule has 0 spiro atoms. The maximum atomic E-state index is 11.7. The number of amides is 2. The van der Waals surface area contributed by atoms with Crippen LogP contribution >= 0.6 is 0 Å². The summed E-state index contributed by atoms with van der Waals surface area (Å²) >= 11 is 0. The van der Waals surface area contributed by atoms with Gasteiger partial charge in [0.25, 0.3) is 0 Å². The van der Waals surface area contributed by atoms with Crippen LogP contribution in [0.2, 0.25) is 0 Å². The summed E-state index contributed by atoms with van der Waals surface area (Å²) in [7, 11) is 0. The Labute approximate surface area is 116 Å². The monoisotopic (exact) mass is 278 g/mol. The SMILES string of the molecule is O=C(NCC1CCCC1)Nc1ccc(C(=O)O)cc1O. The summed E-state index contributed by atoms with van der Waals surface area (Å²) in [5, 5.41) is 23.7. The van der Waals surface area contributed by atoms with E-state index in [0.29, 0.717) is 12.5 Å². The van der Waals surface area contributed by atoms with Crippen LogP contribution in [-0.4, -0.2) is 28.8 Å². The van der Waals surface area contributed by atoms with E-state index < -0.39 is 12.0 Å². The average Bonchev–Trinajstić information content (AvgIpc) is 2.91. The minimum Gasteiger partial charge on any atom is -0.506 e. The maximum absolute atomic E-state index is 11.7. The number of aromatic carboxylic acids is 1. The summed E-state index contributed by atoms with van der Waals surface area (Å²) in [6.45, 7) is 0.625. The van der Waals surface area contributed by atoms with Gasteiger partial charge in [0.1, 0.15) is 5.75 Å². The third kappa shape index (κ3) is 3.63.